The topological polar surface area (TPSA) is 119 Å². The van der Waals surface area contributed by atoms with Crippen LogP contribution in [0.1, 0.15) is 6.23 Å². The molecular formula is C10H11Cl2N5O3. The lowest BCUT2D eigenvalue weighted by Crippen LogP contribution is -2.32. The first kappa shape index (κ1) is 13.8. The van der Waals surface area contributed by atoms with Crippen molar-refractivity contribution in [3.63, 3.8) is 0 Å². The monoisotopic (exact) mass is 319 g/mol. The van der Waals surface area contributed by atoms with Crippen LogP contribution in [0, 0.1) is 0 Å². The smallest absolute Gasteiger partial charge is 0.226 e. The number of fused-ring (bicyclic) bond motifs is 1. The second-order valence-electron chi connectivity index (χ2n) is 4.40. The van der Waals surface area contributed by atoms with E-state index in [-0.39, 0.29) is 17.0 Å². The fourth-order valence-corrected chi connectivity index (χ4v) is 2.61. The lowest BCUT2D eigenvalue weighted by atomic mass is 10.1. The Morgan fingerprint density at radius 1 is 1.35 bits per heavy atom. The van der Waals surface area contributed by atoms with Gasteiger partial charge in [-0.15, -0.1) is 11.6 Å². The minimum atomic E-state index is -1.16. The Bertz CT molecular complexity index is 651. The van der Waals surface area contributed by atoms with E-state index < -0.39 is 24.5 Å². The molecule has 4 N–H and O–H groups in total. The molecule has 0 bridgehead atoms. The van der Waals surface area contributed by atoms with E-state index in [1.165, 1.54) is 10.9 Å². The Balaban J connectivity index is 2.07. The van der Waals surface area contributed by atoms with Crippen molar-refractivity contribution in [3.05, 3.63) is 11.6 Å². The molecule has 0 aliphatic carbocycles. The molecule has 3 rings (SSSR count). The van der Waals surface area contributed by atoms with E-state index in [9.17, 15) is 10.2 Å². The molecule has 0 spiro atoms. The van der Waals surface area contributed by atoms with Crippen LogP contribution in [0.15, 0.2) is 6.33 Å². The highest BCUT2D eigenvalue weighted by Gasteiger charge is 2.43. The molecule has 1 aliphatic heterocycles. The zero-order valence-electron chi connectivity index (χ0n) is 10.0. The largest absolute Gasteiger partial charge is 0.387 e. The summed E-state index contributed by atoms with van der Waals surface area (Å²) in [6.07, 6.45) is -2.41. The number of imidazole rings is 1. The SMILES string of the molecule is Nc1nc(Cl)nc2c1ncn2[C@@H]1O[C@H](CCl)[C@@H](O)C1O. The minimum absolute atomic E-state index is 0.0429. The number of nitrogens with zero attached hydrogens (tertiary/aromatic N) is 4. The summed E-state index contributed by atoms with van der Waals surface area (Å²) in [5, 5.41) is 19.8. The summed E-state index contributed by atoms with van der Waals surface area (Å²) < 4.78 is 6.96. The van der Waals surface area contributed by atoms with Crippen LogP contribution in [0.4, 0.5) is 5.82 Å². The lowest BCUT2D eigenvalue weighted by Gasteiger charge is -2.16. The molecule has 2 aromatic heterocycles. The van der Waals surface area contributed by atoms with E-state index >= 15 is 0 Å². The van der Waals surface area contributed by atoms with Crippen molar-refractivity contribution in [1.82, 2.24) is 19.5 Å². The molecule has 4 atom stereocenters. The predicted octanol–water partition coefficient (Wildman–Crippen LogP) is -0.0801. The number of hydrogen-bond donors (Lipinski definition) is 3. The normalized spacial score (nSPS) is 30.2. The first-order chi connectivity index (χ1) is 9.52. The maximum absolute atomic E-state index is 10.0. The van der Waals surface area contributed by atoms with Crippen molar-refractivity contribution in [2.45, 2.75) is 24.5 Å². The fourth-order valence-electron chi connectivity index (χ4n) is 2.18. The van der Waals surface area contributed by atoms with Gasteiger partial charge in [-0.25, -0.2) is 4.98 Å². The molecule has 1 aliphatic rings. The minimum Gasteiger partial charge on any atom is -0.387 e. The molecule has 0 aromatic carbocycles. The van der Waals surface area contributed by atoms with Gasteiger partial charge in [0.05, 0.1) is 12.2 Å². The molecule has 0 amide bonds. The maximum atomic E-state index is 10.0. The second kappa shape index (κ2) is 4.97. The highest BCUT2D eigenvalue weighted by molar-refractivity contribution is 6.28. The van der Waals surface area contributed by atoms with Gasteiger partial charge >= 0.3 is 0 Å². The van der Waals surface area contributed by atoms with Crippen molar-refractivity contribution in [1.29, 1.82) is 0 Å². The first-order valence-electron chi connectivity index (χ1n) is 5.76. The van der Waals surface area contributed by atoms with Crippen LogP contribution in [0.5, 0.6) is 0 Å². The fraction of sp³-hybridized carbons (Fsp3) is 0.500. The molecule has 0 radical (unpaired) electrons. The Kier molecular flexibility index (Phi) is 3.43. The van der Waals surface area contributed by atoms with Gasteiger partial charge < -0.3 is 20.7 Å². The van der Waals surface area contributed by atoms with Gasteiger partial charge in [0.2, 0.25) is 5.28 Å². The van der Waals surface area contributed by atoms with Crippen LogP contribution in [0.3, 0.4) is 0 Å². The standard InChI is InChI=1S/C10H11Cl2N5O3/c11-1-3-5(18)6(19)9(20-3)17-2-14-4-7(13)15-10(12)16-8(4)17/h2-3,5-6,9,18-19H,1H2,(H2,13,15,16)/t3-,5-,6?,9-/m1/s1. The van der Waals surface area contributed by atoms with Crippen molar-refractivity contribution in [2.24, 2.45) is 0 Å². The van der Waals surface area contributed by atoms with Crippen LogP contribution < -0.4 is 5.73 Å². The van der Waals surface area contributed by atoms with Gasteiger partial charge in [-0.3, -0.25) is 4.57 Å². The van der Waals surface area contributed by atoms with Crippen molar-refractivity contribution < 1.29 is 14.9 Å². The van der Waals surface area contributed by atoms with E-state index in [1.807, 2.05) is 0 Å². The number of rotatable bonds is 2. The Morgan fingerprint density at radius 2 is 2.10 bits per heavy atom. The average molecular weight is 320 g/mol. The van der Waals surface area contributed by atoms with Crippen molar-refractivity contribution in [2.75, 3.05) is 11.6 Å². The number of anilines is 1. The number of aliphatic hydroxyl groups excluding tert-OH is 2. The van der Waals surface area contributed by atoms with Crippen molar-refractivity contribution in [3.8, 4) is 0 Å². The summed E-state index contributed by atoms with van der Waals surface area (Å²) in [6.45, 7) is 0. The van der Waals surface area contributed by atoms with E-state index in [0.29, 0.717) is 11.2 Å². The molecule has 1 saturated heterocycles. The van der Waals surface area contributed by atoms with E-state index in [0.717, 1.165) is 0 Å². The van der Waals surface area contributed by atoms with Crippen molar-refractivity contribution >= 4 is 40.2 Å². The number of nitrogen functional groups attached to an aromatic ring is 1. The third-order valence-corrected chi connectivity index (χ3v) is 3.66. The van der Waals surface area contributed by atoms with Gasteiger partial charge in [0, 0.05) is 0 Å². The van der Waals surface area contributed by atoms with Gasteiger partial charge in [0.15, 0.2) is 17.7 Å². The first-order valence-corrected chi connectivity index (χ1v) is 6.67. The zero-order valence-corrected chi connectivity index (χ0v) is 11.5. The van der Waals surface area contributed by atoms with Crippen LogP contribution in [0.2, 0.25) is 5.28 Å². The van der Waals surface area contributed by atoms with Gasteiger partial charge in [-0.05, 0) is 11.6 Å². The molecule has 0 saturated carbocycles. The summed E-state index contributed by atoms with van der Waals surface area (Å²) in [5.41, 5.74) is 6.35. The molecule has 1 fully saturated rings. The van der Waals surface area contributed by atoms with Crippen LogP contribution in [-0.2, 0) is 4.74 Å². The third kappa shape index (κ3) is 2.00. The van der Waals surface area contributed by atoms with Gasteiger partial charge in [0.25, 0.3) is 0 Å². The van der Waals surface area contributed by atoms with Gasteiger partial charge in [-0.1, -0.05) is 0 Å². The Morgan fingerprint density at radius 3 is 2.75 bits per heavy atom. The summed E-state index contributed by atoms with van der Waals surface area (Å²) in [6, 6.07) is 0. The summed E-state index contributed by atoms with van der Waals surface area (Å²) in [7, 11) is 0. The Hall–Kier alpha value is -1.19. The van der Waals surface area contributed by atoms with Gasteiger partial charge in [-0.2, -0.15) is 9.97 Å². The molecular weight excluding hydrogens is 309 g/mol. The molecule has 3 heterocycles. The molecule has 10 heteroatoms. The average Bonchev–Trinajstić information content (AvgIpc) is 2.93. The van der Waals surface area contributed by atoms with Crippen LogP contribution in [-0.4, -0.2) is 53.9 Å². The number of aromatic nitrogens is 4. The summed E-state index contributed by atoms with van der Waals surface area (Å²) in [5.74, 6) is 0.180. The Labute approximate surface area is 123 Å². The zero-order chi connectivity index (χ0) is 14.4. The third-order valence-electron chi connectivity index (χ3n) is 3.18. The highest BCUT2D eigenvalue weighted by atomic mass is 35.5. The second-order valence-corrected chi connectivity index (χ2v) is 5.05. The number of ether oxygens (including phenoxy) is 1. The molecule has 108 valence electrons. The number of halogens is 2. The number of alkyl halides is 1. The predicted molar refractivity (Wildman–Crippen MR) is 71.4 cm³/mol. The number of aliphatic hydroxyl groups is 2. The number of hydrogen-bond acceptors (Lipinski definition) is 7. The summed E-state index contributed by atoms with van der Waals surface area (Å²) >= 11 is 11.4. The number of nitrogens with two attached hydrogens (primary N) is 1. The van der Waals surface area contributed by atoms with E-state index in [2.05, 4.69) is 15.0 Å². The molecule has 2 aromatic rings. The van der Waals surface area contributed by atoms with E-state index in [1.54, 1.807) is 0 Å². The van der Waals surface area contributed by atoms with E-state index in [4.69, 9.17) is 33.7 Å². The molecule has 1 unspecified atom stereocenters. The van der Waals surface area contributed by atoms with Gasteiger partial charge in [0.1, 0.15) is 23.8 Å². The summed E-state index contributed by atoms with van der Waals surface area (Å²) in [4.78, 5) is 11.9. The lowest BCUT2D eigenvalue weighted by molar-refractivity contribution is -0.0291. The molecule has 8 nitrogen and oxygen atoms in total. The maximum Gasteiger partial charge on any atom is 0.226 e. The van der Waals surface area contributed by atoms with Crippen LogP contribution >= 0.6 is 23.2 Å². The highest BCUT2D eigenvalue weighted by Crippen LogP contribution is 2.32. The molecule has 20 heavy (non-hydrogen) atoms. The quantitative estimate of drug-likeness (QED) is 0.523. The van der Waals surface area contributed by atoms with Crippen LogP contribution in [0.25, 0.3) is 11.2 Å².